The van der Waals surface area contributed by atoms with Gasteiger partial charge in [-0.15, -0.1) is 0 Å². The molecule has 170 valence electrons. The maximum absolute atomic E-state index is 12.7. The van der Waals surface area contributed by atoms with Crippen LogP contribution in [0, 0.1) is 6.92 Å². The molecule has 2 aromatic carbocycles. The summed E-state index contributed by atoms with van der Waals surface area (Å²) in [5.74, 6) is -0.124. The fraction of sp³-hybridized carbons (Fsp3) is 0.385. The Morgan fingerprint density at radius 3 is 2.53 bits per heavy atom. The minimum atomic E-state index is -0.692. The Morgan fingerprint density at radius 1 is 1.12 bits per heavy atom. The van der Waals surface area contributed by atoms with Crippen molar-refractivity contribution in [1.29, 1.82) is 0 Å². The molecule has 0 aliphatic rings. The number of benzene rings is 2. The van der Waals surface area contributed by atoms with Gasteiger partial charge in [0.05, 0.1) is 13.0 Å². The first-order valence-corrected chi connectivity index (χ1v) is 11.1. The molecule has 0 fully saturated rings. The Bertz CT molecular complexity index is 1130. The lowest BCUT2D eigenvalue weighted by atomic mass is 9.99. The van der Waals surface area contributed by atoms with Crippen molar-refractivity contribution in [3.05, 3.63) is 64.8 Å². The number of hydrogen-bond acceptors (Lipinski definition) is 4. The number of phenols is 1. The number of aromatic hydroxyl groups is 1. The number of amides is 1. The van der Waals surface area contributed by atoms with Gasteiger partial charge in [0.15, 0.2) is 0 Å². The molecule has 3 aromatic rings. The van der Waals surface area contributed by atoms with Crippen LogP contribution < -0.4 is 5.32 Å². The van der Waals surface area contributed by atoms with Gasteiger partial charge in [-0.2, -0.15) is 0 Å². The summed E-state index contributed by atoms with van der Waals surface area (Å²) in [6.07, 6.45) is 0.177. The molecule has 1 unspecified atom stereocenters. The summed E-state index contributed by atoms with van der Waals surface area (Å²) in [5.41, 5.74) is 5.00. The van der Waals surface area contributed by atoms with Crippen LogP contribution in [0.2, 0.25) is 0 Å². The smallest absolute Gasteiger partial charge is 0.328 e. The molecule has 0 saturated heterocycles. The maximum atomic E-state index is 12.7. The van der Waals surface area contributed by atoms with Crippen molar-refractivity contribution >= 4 is 22.8 Å². The highest BCUT2D eigenvalue weighted by atomic mass is 16.5. The number of hydrogen-bond donors (Lipinski definition) is 2. The van der Waals surface area contributed by atoms with Crippen LogP contribution in [0.4, 0.5) is 0 Å². The number of nitrogens with zero attached hydrogens (tertiary/aromatic N) is 1. The predicted molar refractivity (Wildman–Crippen MR) is 126 cm³/mol. The lowest BCUT2D eigenvalue weighted by Gasteiger charge is -2.14. The largest absolute Gasteiger partial charge is 0.508 e. The molecular formula is C26H32N2O4. The fourth-order valence-electron chi connectivity index (χ4n) is 4.06. The van der Waals surface area contributed by atoms with E-state index in [2.05, 4.69) is 29.8 Å². The number of rotatable bonds is 8. The van der Waals surface area contributed by atoms with Gasteiger partial charge in [0.25, 0.3) is 0 Å². The Labute approximate surface area is 189 Å². The van der Waals surface area contributed by atoms with Crippen molar-refractivity contribution in [1.82, 2.24) is 9.88 Å². The number of phenolic OH excluding ortho intramolecular Hbond substituents is 1. The molecule has 6 heteroatoms. The molecule has 6 nitrogen and oxygen atoms in total. The van der Waals surface area contributed by atoms with E-state index < -0.39 is 12.0 Å². The molecule has 0 radical (unpaired) electrons. The third-order valence-corrected chi connectivity index (χ3v) is 5.77. The van der Waals surface area contributed by atoms with Gasteiger partial charge in [-0.1, -0.05) is 44.2 Å². The molecule has 2 N–H and O–H groups in total. The Kier molecular flexibility index (Phi) is 7.23. The van der Waals surface area contributed by atoms with Gasteiger partial charge in [-0.3, -0.25) is 4.79 Å². The van der Waals surface area contributed by atoms with Gasteiger partial charge in [-0.05, 0) is 55.5 Å². The molecule has 0 aliphatic carbocycles. The van der Waals surface area contributed by atoms with E-state index in [1.54, 1.807) is 19.9 Å². The predicted octanol–water partition coefficient (Wildman–Crippen LogP) is 4.44. The maximum Gasteiger partial charge on any atom is 0.328 e. The van der Waals surface area contributed by atoms with Gasteiger partial charge in [-0.25, -0.2) is 4.79 Å². The zero-order chi connectivity index (χ0) is 23.4. The van der Waals surface area contributed by atoms with E-state index in [1.165, 1.54) is 0 Å². The quantitative estimate of drug-likeness (QED) is 0.512. The molecule has 1 aromatic heterocycles. The second kappa shape index (κ2) is 9.90. The van der Waals surface area contributed by atoms with Crippen molar-refractivity contribution in [2.45, 2.75) is 59.5 Å². The summed E-state index contributed by atoms with van der Waals surface area (Å²) in [6.45, 7) is 10.4. The summed E-state index contributed by atoms with van der Waals surface area (Å²) >= 11 is 0. The van der Waals surface area contributed by atoms with E-state index in [0.29, 0.717) is 12.3 Å². The van der Waals surface area contributed by atoms with Gasteiger partial charge in [0.1, 0.15) is 11.8 Å². The highest BCUT2D eigenvalue weighted by Gasteiger charge is 2.20. The Balaban J connectivity index is 1.91. The van der Waals surface area contributed by atoms with E-state index >= 15 is 0 Å². The average molecular weight is 437 g/mol. The molecule has 0 spiro atoms. The lowest BCUT2D eigenvalue weighted by Crippen LogP contribution is -2.40. The van der Waals surface area contributed by atoms with Crippen LogP contribution >= 0.6 is 0 Å². The summed E-state index contributed by atoms with van der Waals surface area (Å²) in [5, 5.41) is 13.9. The number of carbonyl (C=O) groups excluding carboxylic acids is 2. The van der Waals surface area contributed by atoms with Gasteiger partial charge in [0.2, 0.25) is 5.91 Å². The van der Waals surface area contributed by atoms with E-state index in [0.717, 1.165) is 33.3 Å². The highest BCUT2D eigenvalue weighted by Crippen LogP contribution is 2.30. The topological polar surface area (TPSA) is 80.6 Å². The minimum Gasteiger partial charge on any atom is -0.508 e. The first-order valence-electron chi connectivity index (χ1n) is 11.1. The van der Waals surface area contributed by atoms with Gasteiger partial charge < -0.3 is 19.7 Å². The van der Waals surface area contributed by atoms with E-state index in [4.69, 9.17) is 4.74 Å². The monoisotopic (exact) mass is 436 g/mol. The number of esters is 1. The van der Waals surface area contributed by atoms with Crippen LogP contribution in [0.3, 0.4) is 0 Å². The van der Waals surface area contributed by atoms with Crippen LogP contribution in [0.5, 0.6) is 5.75 Å². The molecule has 32 heavy (non-hydrogen) atoms. The van der Waals surface area contributed by atoms with E-state index in [1.807, 2.05) is 37.3 Å². The highest BCUT2D eigenvalue weighted by molar-refractivity contribution is 5.92. The zero-order valence-corrected chi connectivity index (χ0v) is 19.4. The number of aromatic nitrogens is 1. The molecule has 0 bridgehead atoms. The van der Waals surface area contributed by atoms with Crippen LogP contribution in [-0.4, -0.2) is 34.2 Å². The zero-order valence-electron chi connectivity index (χ0n) is 19.4. The standard InChI is InChI=1S/C26H32N2O4/c1-6-32-26(31)17(4)27-25(30)14-22-18(5)28(23-10-8-7-9-20(22)23)15-19-11-12-24(29)21(13-19)16(2)3/h7-13,16-17,29H,6,14-15H2,1-5H3,(H,27,30). The number of ether oxygens (including phenoxy) is 1. The first kappa shape index (κ1) is 23.4. The van der Waals surface area contributed by atoms with Gasteiger partial charge >= 0.3 is 5.97 Å². The fourth-order valence-corrected chi connectivity index (χ4v) is 4.06. The Hall–Kier alpha value is -3.28. The number of fused-ring (bicyclic) bond motifs is 1. The van der Waals surface area contributed by atoms with Crippen molar-refractivity contribution in [2.24, 2.45) is 0 Å². The molecule has 1 heterocycles. The van der Waals surface area contributed by atoms with E-state index in [9.17, 15) is 14.7 Å². The molecular weight excluding hydrogens is 404 g/mol. The number of carbonyl (C=O) groups is 2. The number of para-hydroxylation sites is 1. The summed E-state index contributed by atoms with van der Waals surface area (Å²) in [4.78, 5) is 24.6. The van der Waals surface area contributed by atoms with E-state index in [-0.39, 0.29) is 24.9 Å². The minimum absolute atomic E-state index is 0.177. The molecule has 1 atom stereocenters. The number of nitrogens with one attached hydrogen (secondary N) is 1. The molecule has 1 amide bonds. The summed E-state index contributed by atoms with van der Waals surface area (Å²) in [7, 11) is 0. The van der Waals surface area contributed by atoms with Crippen LogP contribution in [0.1, 0.15) is 56.0 Å². The van der Waals surface area contributed by atoms with Crippen LogP contribution in [0.25, 0.3) is 10.9 Å². The van der Waals surface area contributed by atoms with Crippen molar-refractivity contribution < 1.29 is 19.4 Å². The first-order chi connectivity index (χ1) is 15.2. The van der Waals surface area contributed by atoms with Crippen molar-refractivity contribution in [2.75, 3.05) is 6.61 Å². The third kappa shape index (κ3) is 4.96. The van der Waals surface area contributed by atoms with Crippen molar-refractivity contribution in [3.63, 3.8) is 0 Å². The second-order valence-electron chi connectivity index (χ2n) is 8.43. The second-order valence-corrected chi connectivity index (χ2v) is 8.43. The lowest BCUT2D eigenvalue weighted by molar-refractivity contribution is -0.146. The molecule has 0 aliphatic heterocycles. The Morgan fingerprint density at radius 2 is 1.84 bits per heavy atom. The summed E-state index contributed by atoms with van der Waals surface area (Å²) in [6, 6.07) is 13.1. The van der Waals surface area contributed by atoms with Crippen LogP contribution in [-0.2, 0) is 27.3 Å². The van der Waals surface area contributed by atoms with Gasteiger partial charge in [0, 0.05) is 23.1 Å². The SMILES string of the molecule is CCOC(=O)C(C)NC(=O)Cc1c(C)n(Cc2ccc(O)c(C(C)C)c2)c2ccccc12. The van der Waals surface area contributed by atoms with Crippen LogP contribution in [0.15, 0.2) is 42.5 Å². The summed E-state index contributed by atoms with van der Waals surface area (Å²) < 4.78 is 7.18. The third-order valence-electron chi connectivity index (χ3n) is 5.77. The normalized spacial score (nSPS) is 12.2. The molecule has 0 saturated carbocycles. The average Bonchev–Trinajstić information content (AvgIpc) is 3.00. The molecule has 3 rings (SSSR count). The van der Waals surface area contributed by atoms with Crippen molar-refractivity contribution in [3.8, 4) is 5.75 Å².